The standard InChI is InChI=1S/C27H31ClN2O4/c1-16-9-26(32)34-23-13-24(21(28)12-20(16)23)33-15-25(31)30-8-4-5-17-10-18-11-19(27(17)30)14-29-7-3-2-6-22(18)29/h9-10,12-13,18-19,22,27H,2-8,11,14-15H2,1H3/t18-,19-,22-,27+/m0/s1. The van der Waals surface area contributed by atoms with Crippen molar-refractivity contribution in [2.75, 3.05) is 26.2 Å². The lowest BCUT2D eigenvalue weighted by atomic mass is 9.68. The van der Waals surface area contributed by atoms with Gasteiger partial charge >= 0.3 is 5.63 Å². The molecule has 0 spiro atoms. The Morgan fingerprint density at radius 2 is 2.09 bits per heavy atom. The van der Waals surface area contributed by atoms with Crippen molar-refractivity contribution in [3.63, 3.8) is 0 Å². The first-order valence-electron chi connectivity index (χ1n) is 12.6. The molecule has 0 unspecified atom stereocenters. The summed E-state index contributed by atoms with van der Waals surface area (Å²) >= 11 is 6.44. The summed E-state index contributed by atoms with van der Waals surface area (Å²) in [6, 6.07) is 5.68. The second kappa shape index (κ2) is 8.72. The van der Waals surface area contributed by atoms with Crippen LogP contribution < -0.4 is 10.4 Å². The van der Waals surface area contributed by atoms with Gasteiger partial charge in [-0.15, -0.1) is 0 Å². The van der Waals surface area contributed by atoms with E-state index in [9.17, 15) is 9.59 Å². The summed E-state index contributed by atoms with van der Waals surface area (Å²) in [5, 5.41) is 1.17. The average molecular weight is 483 g/mol. The van der Waals surface area contributed by atoms with E-state index in [2.05, 4.69) is 15.9 Å². The number of hydrogen-bond donors (Lipinski definition) is 0. The Kier molecular flexibility index (Phi) is 5.69. The SMILES string of the molecule is Cc1cc(=O)oc2cc(OCC(=O)N3CCCC4=C[C@H]5C[C@@H](CN6CCCC[C@@H]56)[C@@H]43)c(Cl)cc12. The molecule has 3 saturated heterocycles. The number of carbonyl (C=O) groups is 1. The number of nitrogens with zero attached hydrogens (tertiary/aromatic N) is 2. The monoisotopic (exact) mass is 482 g/mol. The predicted molar refractivity (Wildman–Crippen MR) is 131 cm³/mol. The third-order valence-corrected chi connectivity index (χ3v) is 8.63. The second-order valence-corrected chi connectivity index (χ2v) is 10.8. The smallest absolute Gasteiger partial charge is 0.336 e. The number of ether oxygens (including phenoxy) is 1. The van der Waals surface area contributed by atoms with E-state index in [4.69, 9.17) is 20.8 Å². The fraction of sp³-hybridized carbons (Fsp3) is 0.556. The van der Waals surface area contributed by atoms with Gasteiger partial charge < -0.3 is 14.1 Å². The Morgan fingerprint density at radius 3 is 2.97 bits per heavy atom. The summed E-state index contributed by atoms with van der Waals surface area (Å²) in [4.78, 5) is 29.9. The first-order chi connectivity index (χ1) is 16.5. The van der Waals surface area contributed by atoms with Crippen LogP contribution in [0, 0.1) is 18.8 Å². The Bertz CT molecular complexity index is 1220. The molecule has 4 atom stereocenters. The maximum Gasteiger partial charge on any atom is 0.336 e. The van der Waals surface area contributed by atoms with E-state index in [1.807, 2.05) is 6.92 Å². The molecule has 1 aliphatic carbocycles. The lowest BCUT2D eigenvalue weighted by Gasteiger charge is -2.54. The predicted octanol–water partition coefficient (Wildman–Crippen LogP) is 4.56. The van der Waals surface area contributed by atoms with Gasteiger partial charge in [0, 0.05) is 36.7 Å². The van der Waals surface area contributed by atoms with Crippen LogP contribution in [0.25, 0.3) is 11.0 Å². The molecule has 7 heteroatoms. The summed E-state index contributed by atoms with van der Waals surface area (Å²) in [6.07, 6.45) is 9.77. The first kappa shape index (κ1) is 22.2. The van der Waals surface area contributed by atoms with Crippen molar-refractivity contribution in [3.8, 4) is 5.75 Å². The quantitative estimate of drug-likeness (QED) is 0.474. The highest BCUT2D eigenvalue weighted by Crippen LogP contribution is 2.45. The number of carbonyl (C=O) groups excluding carboxylic acids is 1. The Morgan fingerprint density at radius 1 is 1.21 bits per heavy atom. The van der Waals surface area contributed by atoms with E-state index in [0.717, 1.165) is 36.9 Å². The van der Waals surface area contributed by atoms with Crippen molar-refractivity contribution >= 4 is 28.5 Å². The van der Waals surface area contributed by atoms with Gasteiger partial charge in [0.1, 0.15) is 11.3 Å². The van der Waals surface area contributed by atoms with Crippen LogP contribution in [0.15, 0.2) is 39.1 Å². The van der Waals surface area contributed by atoms with Crippen LogP contribution in [0.1, 0.15) is 44.1 Å². The van der Waals surface area contributed by atoms with E-state index in [1.165, 1.54) is 43.9 Å². The Hall–Kier alpha value is -2.31. The molecule has 6 rings (SSSR count). The van der Waals surface area contributed by atoms with Gasteiger partial charge in [-0.2, -0.15) is 0 Å². The topological polar surface area (TPSA) is 63.0 Å². The molecule has 4 heterocycles. The van der Waals surface area contributed by atoms with E-state index in [-0.39, 0.29) is 18.6 Å². The lowest BCUT2D eigenvalue weighted by Crippen LogP contribution is -2.60. The number of amides is 1. The van der Waals surface area contributed by atoms with Gasteiger partial charge in [-0.05, 0) is 69.0 Å². The van der Waals surface area contributed by atoms with Crippen molar-refractivity contribution in [1.82, 2.24) is 9.80 Å². The molecular weight excluding hydrogens is 452 g/mol. The summed E-state index contributed by atoms with van der Waals surface area (Å²) in [5.74, 6) is 1.51. The molecule has 2 bridgehead atoms. The third-order valence-electron chi connectivity index (χ3n) is 8.33. The molecule has 6 nitrogen and oxygen atoms in total. The van der Waals surface area contributed by atoms with E-state index in [1.54, 1.807) is 12.1 Å². The van der Waals surface area contributed by atoms with Crippen LogP contribution in [0.5, 0.6) is 5.75 Å². The number of fused-ring (bicyclic) bond motifs is 7. The highest BCUT2D eigenvalue weighted by Gasteiger charge is 2.46. The number of rotatable bonds is 3. The number of piperidine rings is 3. The number of halogens is 1. The minimum atomic E-state index is -0.416. The van der Waals surface area contributed by atoms with Crippen molar-refractivity contribution in [1.29, 1.82) is 0 Å². The molecule has 1 aromatic heterocycles. The molecule has 0 N–H and O–H groups in total. The number of benzene rings is 1. The molecule has 3 aliphatic heterocycles. The lowest BCUT2D eigenvalue weighted by molar-refractivity contribution is -0.138. The van der Waals surface area contributed by atoms with Gasteiger partial charge in [-0.25, -0.2) is 4.79 Å². The molecule has 1 aromatic carbocycles. The number of aryl methyl sites for hydroxylation is 1. The van der Waals surface area contributed by atoms with Crippen LogP contribution in [0.2, 0.25) is 5.02 Å². The number of hydrogen-bond acceptors (Lipinski definition) is 5. The molecule has 0 saturated carbocycles. The van der Waals surface area contributed by atoms with Crippen molar-refractivity contribution in [3.05, 3.63) is 50.9 Å². The zero-order valence-electron chi connectivity index (χ0n) is 19.6. The van der Waals surface area contributed by atoms with Crippen LogP contribution in [-0.4, -0.2) is 54.0 Å². The van der Waals surface area contributed by atoms with Crippen LogP contribution in [0.3, 0.4) is 0 Å². The van der Waals surface area contributed by atoms with Crippen LogP contribution in [-0.2, 0) is 4.79 Å². The van der Waals surface area contributed by atoms with Gasteiger partial charge in [0.25, 0.3) is 5.91 Å². The van der Waals surface area contributed by atoms with E-state index < -0.39 is 5.63 Å². The van der Waals surface area contributed by atoms with Gasteiger partial charge in [0.2, 0.25) is 0 Å². The van der Waals surface area contributed by atoms with Gasteiger partial charge in [-0.3, -0.25) is 9.69 Å². The summed E-state index contributed by atoms with van der Waals surface area (Å²) < 4.78 is 11.2. The van der Waals surface area contributed by atoms with Gasteiger partial charge in [0.05, 0.1) is 11.1 Å². The minimum absolute atomic E-state index is 0.00308. The Labute approximate surface area is 204 Å². The minimum Gasteiger partial charge on any atom is -0.482 e. The third kappa shape index (κ3) is 3.85. The molecule has 2 aromatic rings. The second-order valence-electron chi connectivity index (χ2n) is 10.4. The molecule has 180 valence electrons. The zero-order valence-corrected chi connectivity index (χ0v) is 20.4. The largest absolute Gasteiger partial charge is 0.482 e. The normalized spacial score (nSPS) is 28.8. The first-order valence-corrected chi connectivity index (χ1v) is 13.0. The van der Waals surface area contributed by atoms with Crippen molar-refractivity contribution in [2.24, 2.45) is 11.8 Å². The van der Waals surface area contributed by atoms with E-state index in [0.29, 0.717) is 34.2 Å². The molecular formula is C27H31ClN2O4. The summed E-state index contributed by atoms with van der Waals surface area (Å²) in [6.45, 7) is 4.83. The van der Waals surface area contributed by atoms with Crippen molar-refractivity contribution < 1.29 is 13.9 Å². The fourth-order valence-electron chi connectivity index (χ4n) is 6.91. The summed E-state index contributed by atoms with van der Waals surface area (Å²) in [7, 11) is 0. The highest BCUT2D eigenvalue weighted by atomic mass is 35.5. The molecule has 1 amide bonds. The van der Waals surface area contributed by atoms with Gasteiger partial charge in [-0.1, -0.05) is 29.7 Å². The molecule has 3 fully saturated rings. The Balaban J connectivity index is 1.21. The average Bonchev–Trinajstić information content (AvgIpc) is 2.83. The maximum atomic E-state index is 13.4. The van der Waals surface area contributed by atoms with Gasteiger partial charge in [0.15, 0.2) is 6.61 Å². The highest BCUT2D eigenvalue weighted by molar-refractivity contribution is 6.32. The zero-order chi connectivity index (χ0) is 23.4. The van der Waals surface area contributed by atoms with Crippen molar-refractivity contribution in [2.45, 2.75) is 57.5 Å². The molecule has 4 aliphatic rings. The summed E-state index contributed by atoms with van der Waals surface area (Å²) in [5.41, 5.74) is 2.26. The molecule has 0 radical (unpaired) electrons. The fourth-order valence-corrected chi connectivity index (χ4v) is 7.12. The number of likely N-dealkylation sites (tertiary alicyclic amines) is 1. The van der Waals surface area contributed by atoms with Crippen LogP contribution >= 0.6 is 11.6 Å². The van der Waals surface area contributed by atoms with Crippen LogP contribution in [0.4, 0.5) is 0 Å². The maximum absolute atomic E-state index is 13.4. The van der Waals surface area contributed by atoms with E-state index >= 15 is 0 Å². The molecule has 34 heavy (non-hydrogen) atoms.